The first-order valence-corrected chi connectivity index (χ1v) is 8.34. The van der Waals surface area contributed by atoms with Crippen LogP contribution in [0.15, 0.2) is 24.0 Å². The minimum Gasteiger partial charge on any atom is -0.748 e. The fraction of sp³-hybridized carbons (Fsp3) is 0.692. The number of hydrogen-bond acceptors (Lipinski definition) is 3. The third-order valence-electron chi connectivity index (χ3n) is 2.69. The Morgan fingerprint density at radius 1 is 1.22 bits per heavy atom. The highest BCUT2D eigenvalue weighted by Gasteiger charge is 2.13. The molecule has 1 N–H and O–H groups in total. The zero-order valence-electron chi connectivity index (χ0n) is 11.6. The molecule has 1 unspecified atom stereocenters. The second-order valence-corrected chi connectivity index (χ2v) is 5.85. The van der Waals surface area contributed by atoms with E-state index in [-0.39, 0.29) is 0 Å². The molecule has 0 fully saturated rings. The van der Waals surface area contributed by atoms with Crippen LogP contribution in [-0.4, -0.2) is 25.8 Å². The third-order valence-corrected chi connectivity index (χ3v) is 2.69. The van der Waals surface area contributed by atoms with E-state index in [1.54, 1.807) is 10.6 Å². The Hall–Kier alpha value is -0.650. The van der Waals surface area contributed by atoms with Crippen LogP contribution >= 0.6 is 0 Å². The van der Waals surface area contributed by atoms with Crippen molar-refractivity contribution in [2.45, 2.75) is 46.0 Å². The van der Waals surface area contributed by atoms with Crippen molar-refractivity contribution in [3.8, 4) is 0 Å². The van der Waals surface area contributed by atoms with E-state index in [4.69, 9.17) is 13.0 Å². The van der Waals surface area contributed by atoms with E-state index in [9.17, 15) is 0 Å². The van der Waals surface area contributed by atoms with Crippen LogP contribution in [0.2, 0.25) is 0 Å². The minimum atomic E-state index is -3.92. The second-order valence-electron chi connectivity index (χ2n) is 4.44. The summed E-state index contributed by atoms with van der Waals surface area (Å²) in [7, 11) is -3.92. The number of quaternary nitrogens is 1. The van der Waals surface area contributed by atoms with Gasteiger partial charge in [-0.25, -0.2) is 8.42 Å². The highest BCUT2D eigenvalue weighted by Crippen LogP contribution is 2.00. The molecule has 18 heavy (non-hydrogen) atoms. The van der Waals surface area contributed by atoms with Crippen molar-refractivity contribution in [2.24, 2.45) is 0 Å². The normalized spacial score (nSPS) is 18.2. The van der Waals surface area contributed by atoms with Crippen molar-refractivity contribution in [3.05, 3.63) is 24.0 Å². The SMILES string of the molecule is CCCCCC[NH+]1C=CC=C1CC.CS(=O)(=O)[O-]. The van der Waals surface area contributed by atoms with Gasteiger partial charge in [0.05, 0.1) is 22.9 Å². The van der Waals surface area contributed by atoms with E-state index in [1.165, 1.54) is 38.6 Å². The van der Waals surface area contributed by atoms with Gasteiger partial charge in [0.2, 0.25) is 0 Å². The Balaban J connectivity index is 0.000000494. The van der Waals surface area contributed by atoms with Crippen LogP contribution in [0.4, 0.5) is 0 Å². The summed E-state index contributed by atoms with van der Waals surface area (Å²) >= 11 is 0. The highest BCUT2D eigenvalue weighted by molar-refractivity contribution is 7.84. The van der Waals surface area contributed by atoms with Crippen LogP contribution in [0, 0.1) is 0 Å². The van der Waals surface area contributed by atoms with Crippen LogP contribution in [0.3, 0.4) is 0 Å². The lowest BCUT2D eigenvalue weighted by Crippen LogP contribution is -3.04. The van der Waals surface area contributed by atoms with Crippen LogP contribution in [0.5, 0.6) is 0 Å². The van der Waals surface area contributed by atoms with E-state index < -0.39 is 10.1 Å². The molecule has 0 aromatic carbocycles. The van der Waals surface area contributed by atoms with Crippen molar-refractivity contribution in [1.82, 2.24) is 0 Å². The van der Waals surface area contributed by atoms with Gasteiger partial charge in [0.1, 0.15) is 5.70 Å². The standard InChI is InChI=1S/C12H21N.CH4O3S/c1-3-5-6-7-10-13-11-8-9-12(13)4-2;1-5(2,3)4/h8-9,11H,3-7,10H2,1-2H3;1H3,(H,2,3,4). The van der Waals surface area contributed by atoms with Gasteiger partial charge in [0, 0.05) is 18.8 Å². The van der Waals surface area contributed by atoms with Gasteiger partial charge in [-0.15, -0.1) is 0 Å². The maximum absolute atomic E-state index is 9.08. The Morgan fingerprint density at radius 2 is 1.83 bits per heavy atom. The van der Waals surface area contributed by atoms with Gasteiger partial charge in [-0.2, -0.15) is 0 Å². The predicted molar refractivity (Wildman–Crippen MR) is 73.1 cm³/mol. The van der Waals surface area contributed by atoms with Crippen molar-refractivity contribution in [2.75, 3.05) is 12.8 Å². The molecule has 1 atom stereocenters. The average Bonchev–Trinajstić information content (AvgIpc) is 2.69. The Kier molecular flexibility index (Phi) is 8.97. The molecule has 4 nitrogen and oxygen atoms in total. The van der Waals surface area contributed by atoms with E-state index in [2.05, 4.69) is 32.2 Å². The average molecular weight is 275 g/mol. The van der Waals surface area contributed by atoms with Crippen LogP contribution < -0.4 is 4.90 Å². The lowest BCUT2D eigenvalue weighted by atomic mass is 10.2. The molecule has 0 radical (unpaired) electrons. The van der Waals surface area contributed by atoms with Gasteiger partial charge in [-0.3, -0.25) is 4.90 Å². The first kappa shape index (κ1) is 17.4. The maximum Gasteiger partial charge on any atom is 0.112 e. The Labute approximate surface area is 111 Å². The number of rotatable bonds is 6. The highest BCUT2D eigenvalue weighted by atomic mass is 32.2. The Bertz CT molecular complexity index is 364. The van der Waals surface area contributed by atoms with Gasteiger partial charge in [-0.1, -0.05) is 26.7 Å². The summed E-state index contributed by atoms with van der Waals surface area (Å²) in [4.78, 5) is 1.58. The largest absolute Gasteiger partial charge is 0.748 e. The van der Waals surface area contributed by atoms with Crippen molar-refractivity contribution in [1.29, 1.82) is 0 Å². The molecule has 0 aromatic rings. The summed E-state index contributed by atoms with van der Waals surface area (Å²) in [6.45, 7) is 5.79. The summed E-state index contributed by atoms with van der Waals surface area (Å²) in [6.07, 6.45) is 14.0. The molecule has 0 amide bonds. The summed E-state index contributed by atoms with van der Waals surface area (Å²) in [6, 6.07) is 0. The van der Waals surface area contributed by atoms with Crippen molar-refractivity contribution in [3.63, 3.8) is 0 Å². The topological polar surface area (TPSA) is 61.6 Å². The van der Waals surface area contributed by atoms with Gasteiger partial charge in [0.15, 0.2) is 0 Å². The smallest absolute Gasteiger partial charge is 0.112 e. The Morgan fingerprint density at radius 3 is 2.33 bits per heavy atom. The molecular formula is C13H25NO3S. The molecule has 1 heterocycles. The number of hydrogen-bond donors (Lipinski definition) is 1. The number of unbranched alkanes of at least 4 members (excludes halogenated alkanes) is 3. The molecule has 106 valence electrons. The van der Waals surface area contributed by atoms with E-state index in [0.29, 0.717) is 6.26 Å². The summed E-state index contributed by atoms with van der Waals surface area (Å²) in [5.41, 5.74) is 1.55. The van der Waals surface area contributed by atoms with Crippen LogP contribution in [0.1, 0.15) is 46.0 Å². The molecule has 1 aliphatic rings. The van der Waals surface area contributed by atoms with Gasteiger partial charge >= 0.3 is 0 Å². The summed E-state index contributed by atoms with van der Waals surface area (Å²) < 4.78 is 27.2. The van der Waals surface area contributed by atoms with Gasteiger partial charge in [-0.05, 0) is 18.9 Å². The van der Waals surface area contributed by atoms with E-state index in [1.807, 2.05) is 0 Å². The van der Waals surface area contributed by atoms with Gasteiger partial charge in [0.25, 0.3) is 0 Å². The lowest BCUT2D eigenvalue weighted by molar-refractivity contribution is -0.804. The van der Waals surface area contributed by atoms with E-state index >= 15 is 0 Å². The molecule has 1 aliphatic heterocycles. The molecule has 0 saturated carbocycles. The maximum atomic E-state index is 9.08. The fourth-order valence-electron chi connectivity index (χ4n) is 1.83. The molecule has 0 saturated heterocycles. The fourth-order valence-corrected chi connectivity index (χ4v) is 1.83. The van der Waals surface area contributed by atoms with Gasteiger partial charge < -0.3 is 4.55 Å². The molecule has 1 rings (SSSR count). The molecule has 0 spiro atoms. The number of allylic oxidation sites excluding steroid dienone is 3. The third kappa shape index (κ3) is 10.5. The van der Waals surface area contributed by atoms with Crippen LogP contribution in [-0.2, 0) is 10.1 Å². The molecule has 5 heteroatoms. The first-order valence-electron chi connectivity index (χ1n) is 6.52. The van der Waals surface area contributed by atoms with Crippen LogP contribution in [0.25, 0.3) is 0 Å². The lowest BCUT2D eigenvalue weighted by Gasteiger charge is -2.12. The zero-order chi connectivity index (χ0) is 14.0. The van der Waals surface area contributed by atoms with E-state index in [0.717, 1.165) is 0 Å². The monoisotopic (exact) mass is 275 g/mol. The number of nitrogens with one attached hydrogen (secondary N) is 1. The molecular weight excluding hydrogens is 250 g/mol. The molecule has 0 aliphatic carbocycles. The summed E-state index contributed by atoms with van der Waals surface area (Å²) in [5, 5.41) is 0. The quantitative estimate of drug-likeness (QED) is 0.589. The van der Waals surface area contributed by atoms with Crippen molar-refractivity contribution >= 4 is 10.1 Å². The predicted octanol–water partition coefficient (Wildman–Crippen LogP) is 1.43. The zero-order valence-corrected chi connectivity index (χ0v) is 12.4. The first-order chi connectivity index (χ1) is 8.38. The molecule has 0 aromatic heterocycles. The second kappa shape index (κ2) is 9.30. The summed E-state index contributed by atoms with van der Waals surface area (Å²) in [5.74, 6) is 0. The minimum absolute atomic E-state index is 0.604. The molecule has 0 bridgehead atoms. The van der Waals surface area contributed by atoms with Crippen molar-refractivity contribution < 1.29 is 17.9 Å².